The summed E-state index contributed by atoms with van der Waals surface area (Å²) in [4.78, 5) is 18.6. The molecule has 8 nitrogen and oxygen atoms in total. The van der Waals surface area contributed by atoms with E-state index in [9.17, 15) is 9.18 Å². The maximum absolute atomic E-state index is 14.4. The zero-order chi connectivity index (χ0) is 34.7. The summed E-state index contributed by atoms with van der Waals surface area (Å²) in [5, 5.41) is 5.10. The van der Waals surface area contributed by atoms with Crippen molar-refractivity contribution in [1.29, 1.82) is 0 Å². The van der Waals surface area contributed by atoms with Gasteiger partial charge in [-0.15, -0.1) is 0 Å². The highest BCUT2D eigenvalue weighted by Gasteiger charge is 2.34. The van der Waals surface area contributed by atoms with Crippen LogP contribution in [0.4, 0.5) is 4.39 Å². The molecule has 1 atom stereocenters. The third-order valence-corrected chi connectivity index (χ3v) is 8.49. The van der Waals surface area contributed by atoms with Gasteiger partial charge in [0.1, 0.15) is 17.3 Å². The second-order valence-electron chi connectivity index (χ2n) is 13.4. The van der Waals surface area contributed by atoms with Crippen molar-refractivity contribution in [3.05, 3.63) is 89.4 Å². The van der Waals surface area contributed by atoms with E-state index in [0.29, 0.717) is 47.3 Å². The lowest BCUT2D eigenvalue weighted by Crippen LogP contribution is -2.30. The Morgan fingerprint density at radius 1 is 0.898 bits per heavy atom. The summed E-state index contributed by atoms with van der Waals surface area (Å²) in [6.07, 6.45) is 2.59. The van der Waals surface area contributed by atoms with Gasteiger partial charge < -0.3 is 18.9 Å². The molecule has 0 saturated heterocycles. The quantitative estimate of drug-likeness (QED) is 0.177. The Balaban J connectivity index is 1.60. The van der Waals surface area contributed by atoms with E-state index in [0.717, 1.165) is 59.3 Å². The average molecular weight is 666 g/mol. The molecule has 1 aliphatic rings. The number of aryl methyl sites for hydroxylation is 2. The number of ether oxygens (including phenoxy) is 4. The molecular weight excluding hydrogens is 621 g/mol. The number of esters is 1. The van der Waals surface area contributed by atoms with Gasteiger partial charge in [-0.25, -0.2) is 18.7 Å². The topological polar surface area (TPSA) is 84.2 Å². The van der Waals surface area contributed by atoms with E-state index in [2.05, 4.69) is 0 Å². The lowest BCUT2D eigenvalue weighted by atomic mass is 9.97. The Morgan fingerprint density at radius 2 is 1.63 bits per heavy atom. The molecule has 3 heterocycles. The number of hydrogen-bond donors (Lipinski definition) is 0. The fourth-order valence-corrected chi connectivity index (χ4v) is 6.19. The molecule has 1 aliphatic heterocycles. The fourth-order valence-electron chi connectivity index (χ4n) is 6.19. The molecule has 2 aromatic heterocycles. The van der Waals surface area contributed by atoms with Gasteiger partial charge in [-0.05, 0) is 103 Å². The minimum Gasteiger partial charge on any atom is -0.493 e. The van der Waals surface area contributed by atoms with Crippen molar-refractivity contribution >= 4 is 11.6 Å². The largest absolute Gasteiger partial charge is 0.493 e. The van der Waals surface area contributed by atoms with Crippen LogP contribution in [0.2, 0.25) is 0 Å². The minimum atomic E-state index is -1.06. The molecule has 0 fully saturated rings. The standard InChI is InChI=1S/C40H44FN3O5/c1-7-46-39(45)38(49-40(4,5)6)36-26(3)42-35-24-32-28-14-12-13-27(21-28)31-18-17-30(41)23-34(31)48-20-11-9-8-10-19-47-33-22-29(16-15-25(33)2)37(36)44(35)43-32/h12-18,21-24,38H,7-11,19-20H2,1-6H3/t38-/m0/s1. The number of aromatic nitrogens is 3. The van der Waals surface area contributed by atoms with Gasteiger partial charge in [0.05, 0.1) is 36.8 Å². The molecule has 0 unspecified atom stereocenters. The summed E-state index contributed by atoms with van der Waals surface area (Å²) in [6.45, 7) is 12.7. The predicted molar refractivity (Wildman–Crippen MR) is 188 cm³/mol. The van der Waals surface area contributed by atoms with Gasteiger partial charge in [-0.2, -0.15) is 5.10 Å². The van der Waals surface area contributed by atoms with Gasteiger partial charge >= 0.3 is 5.97 Å². The Bertz CT molecular complexity index is 1980. The lowest BCUT2D eigenvalue weighted by molar-refractivity contribution is -0.166. The second kappa shape index (κ2) is 14.4. The molecule has 0 spiro atoms. The first kappa shape index (κ1) is 34.1. The van der Waals surface area contributed by atoms with Crippen LogP contribution < -0.4 is 9.47 Å². The van der Waals surface area contributed by atoms with E-state index in [1.54, 1.807) is 17.5 Å². The van der Waals surface area contributed by atoms with Crippen LogP contribution in [0.15, 0.2) is 66.7 Å². The third kappa shape index (κ3) is 7.62. The smallest absolute Gasteiger partial charge is 0.340 e. The van der Waals surface area contributed by atoms with Crippen LogP contribution in [0, 0.1) is 19.7 Å². The zero-order valence-corrected chi connectivity index (χ0v) is 29.1. The highest BCUT2D eigenvalue weighted by atomic mass is 19.1. The average Bonchev–Trinajstić information content (AvgIpc) is 3.48. The van der Waals surface area contributed by atoms with Crippen LogP contribution in [0.3, 0.4) is 0 Å². The van der Waals surface area contributed by atoms with Gasteiger partial charge in [-0.3, -0.25) is 0 Å². The number of hydrogen-bond acceptors (Lipinski definition) is 7. The van der Waals surface area contributed by atoms with E-state index < -0.39 is 17.7 Å². The van der Waals surface area contributed by atoms with Crippen molar-refractivity contribution in [2.24, 2.45) is 0 Å². The monoisotopic (exact) mass is 665 g/mol. The molecule has 6 rings (SSSR count). The van der Waals surface area contributed by atoms with E-state index in [4.69, 9.17) is 29.0 Å². The van der Waals surface area contributed by atoms with Crippen LogP contribution in [-0.4, -0.2) is 46.0 Å². The highest BCUT2D eigenvalue weighted by molar-refractivity contribution is 5.83. The molecule has 3 aromatic carbocycles. The van der Waals surface area contributed by atoms with Crippen LogP contribution in [0.5, 0.6) is 11.5 Å². The molecule has 0 amide bonds. The van der Waals surface area contributed by atoms with Crippen LogP contribution in [0.25, 0.3) is 39.3 Å². The highest BCUT2D eigenvalue weighted by Crippen LogP contribution is 2.39. The summed E-state index contributed by atoms with van der Waals surface area (Å²) >= 11 is 0. The maximum atomic E-state index is 14.4. The van der Waals surface area contributed by atoms with Crippen molar-refractivity contribution in [2.45, 2.75) is 78.9 Å². The number of halogens is 1. The Morgan fingerprint density at radius 3 is 2.37 bits per heavy atom. The number of carbonyl (C=O) groups excluding carboxylic acids is 1. The van der Waals surface area contributed by atoms with Gasteiger partial charge in [-0.1, -0.05) is 30.3 Å². The molecule has 5 aromatic rings. The Labute approximate surface area is 287 Å². The van der Waals surface area contributed by atoms with Crippen molar-refractivity contribution in [2.75, 3.05) is 19.8 Å². The summed E-state index contributed by atoms with van der Waals surface area (Å²) in [5.41, 5.74) is 6.82. The van der Waals surface area contributed by atoms with Crippen LogP contribution >= 0.6 is 0 Å². The first-order valence-electron chi connectivity index (χ1n) is 17.0. The summed E-state index contributed by atoms with van der Waals surface area (Å²) < 4.78 is 40.6. The van der Waals surface area contributed by atoms with Gasteiger partial charge in [0.2, 0.25) is 0 Å². The lowest BCUT2D eigenvalue weighted by Gasteiger charge is -2.28. The van der Waals surface area contributed by atoms with Crippen molar-refractivity contribution < 1.29 is 28.1 Å². The predicted octanol–water partition coefficient (Wildman–Crippen LogP) is 9.24. The molecule has 0 aliphatic carbocycles. The summed E-state index contributed by atoms with van der Waals surface area (Å²) in [5.74, 6) is 0.422. The van der Waals surface area contributed by atoms with Gasteiger partial charge in [0.25, 0.3) is 0 Å². The number of fused-ring (bicyclic) bond motifs is 9. The van der Waals surface area contributed by atoms with E-state index in [-0.39, 0.29) is 12.4 Å². The molecule has 6 bridgehead atoms. The fraction of sp³-hybridized carbons (Fsp3) is 0.375. The third-order valence-electron chi connectivity index (χ3n) is 8.49. The summed E-state index contributed by atoms with van der Waals surface area (Å²) in [6, 6.07) is 20.6. The van der Waals surface area contributed by atoms with Crippen molar-refractivity contribution in [3.8, 4) is 45.1 Å². The first-order valence-corrected chi connectivity index (χ1v) is 17.0. The van der Waals surface area contributed by atoms with Crippen molar-refractivity contribution in [1.82, 2.24) is 14.6 Å². The van der Waals surface area contributed by atoms with E-state index in [1.807, 2.05) is 83.1 Å². The molecule has 9 heteroatoms. The number of benzene rings is 3. The molecule has 256 valence electrons. The molecule has 0 saturated carbocycles. The number of nitrogens with zero attached hydrogens (tertiary/aromatic N) is 3. The molecule has 49 heavy (non-hydrogen) atoms. The molecule has 0 N–H and O–H groups in total. The van der Waals surface area contributed by atoms with Crippen LogP contribution in [-0.2, 0) is 14.3 Å². The zero-order valence-electron chi connectivity index (χ0n) is 29.1. The summed E-state index contributed by atoms with van der Waals surface area (Å²) in [7, 11) is 0. The maximum Gasteiger partial charge on any atom is 0.340 e. The SMILES string of the molecule is CCOC(=O)[C@@H](OC(C)(C)C)c1c(C)nc2cc3nn2c1-c1ccc(C)c(c1)OCCCCCCOc1cc(F)ccc1-c1cccc-3c1. The Hall–Kier alpha value is -4.76. The van der Waals surface area contributed by atoms with E-state index >= 15 is 0 Å². The molecule has 0 radical (unpaired) electrons. The van der Waals surface area contributed by atoms with Crippen LogP contribution in [0.1, 0.15) is 76.3 Å². The first-order chi connectivity index (χ1) is 23.5. The van der Waals surface area contributed by atoms with Gasteiger partial charge in [0, 0.05) is 40.1 Å². The molecular formula is C40H44FN3O5. The van der Waals surface area contributed by atoms with E-state index in [1.165, 1.54) is 12.1 Å². The normalized spacial score (nSPS) is 14.4. The van der Waals surface area contributed by atoms with Gasteiger partial charge in [0.15, 0.2) is 11.8 Å². The number of rotatable bonds is 4. The van der Waals surface area contributed by atoms with Crippen molar-refractivity contribution in [3.63, 3.8) is 0 Å². The second-order valence-corrected chi connectivity index (χ2v) is 13.4. The minimum absolute atomic E-state index is 0.207. The number of carbonyl (C=O) groups is 1. The Kier molecular flexibility index (Phi) is 10.0.